The van der Waals surface area contributed by atoms with Crippen LogP contribution in [0.4, 0.5) is 11.4 Å². The minimum atomic E-state index is -0.690. The molecule has 2 aromatic rings. The maximum atomic E-state index is 12.5. The number of nitrogens with zero attached hydrogens (tertiary/aromatic N) is 1. The number of benzene rings is 2. The lowest BCUT2D eigenvalue weighted by atomic mass is 10.1. The molecular weight excluding hydrogens is 424 g/mol. The summed E-state index contributed by atoms with van der Waals surface area (Å²) >= 11 is 6.04. The maximum Gasteiger partial charge on any atom is 0.311 e. The van der Waals surface area contributed by atoms with Crippen LogP contribution in [0.3, 0.4) is 0 Å². The van der Waals surface area contributed by atoms with Crippen LogP contribution >= 0.6 is 11.6 Å². The van der Waals surface area contributed by atoms with Gasteiger partial charge in [0.1, 0.15) is 11.5 Å². The van der Waals surface area contributed by atoms with Gasteiger partial charge in [0, 0.05) is 29.7 Å². The number of amides is 2. The van der Waals surface area contributed by atoms with Crippen LogP contribution in [0.25, 0.3) is 0 Å². The number of rotatable bonds is 7. The highest BCUT2D eigenvalue weighted by atomic mass is 35.5. The first-order chi connectivity index (χ1) is 14.8. The Morgan fingerprint density at radius 2 is 1.94 bits per heavy atom. The Labute approximate surface area is 185 Å². The summed E-state index contributed by atoms with van der Waals surface area (Å²) in [6.07, 6.45) is -0.0195. The molecule has 0 aliphatic carbocycles. The molecule has 8 nitrogen and oxygen atoms in total. The van der Waals surface area contributed by atoms with Crippen LogP contribution in [-0.2, 0) is 19.1 Å². The van der Waals surface area contributed by atoms with Crippen molar-refractivity contribution in [2.75, 3.05) is 37.6 Å². The Morgan fingerprint density at radius 3 is 2.61 bits per heavy atom. The highest BCUT2D eigenvalue weighted by molar-refractivity contribution is 6.31. The van der Waals surface area contributed by atoms with Crippen LogP contribution in [0.5, 0.6) is 11.5 Å². The molecule has 0 radical (unpaired) electrons. The van der Waals surface area contributed by atoms with Gasteiger partial charge < -0.3 is 24.4 Å². The fourth-order valence-corrected chi connectivity index (χ4v) is 3.41. The average molecular weight is 447 g/mol. The number of nitrogens with one attached hydrogen (secondary N) is 1. The molecule has 1 atom stereocenters. The van der Waals surface area contributed by atoms with E-state index < -0.39 is 24.4 Å². The topological polar surface area (TPSA) is 94.2 Å². The molecule has 1 saturated heterocycles. The summed E-state index contributed by atoms with van der Waals surface area (Å²) in [7, 11) is 3.02. The first kappa shape index (κ1) is 22.4. The summed E-state index contributed by atoms with van der Waals surface area (Å²) in [4.78, 5) is 38.5. The lowest BCUT2D eigenvalue weighted by molar-refractivity contribution is -0.151. The molecule has 2 amide bonds. The van der Waals surface area contributed by atoms with Gasteiger partial charge in [0.15, 0.2) is 6.61 Å². The largest absolute Gasteiger partial charge is 0.497 e. The van der Waals surface area contributed by atoms with Gasteiger partial charge in [0.25, 0.3) is 5.91 Å². The number of halogens is 1. The Bertz CT molecular complexity index is 1010. The molecule has 0 saturated carbocycles. The minimum absolute atomic E-state index is 0.0195. The van der Waals surface area contributed by atoms with E-state index in [0.717, 1.165) is 5.56 Å². The molecule has 1 fully saturated rings. The van der Waals surface area contributed by atoms with Crippen molar-refractivity contribution in [3.63, 3.8) is 0 Å². The number of aryl methyl sites for hydroxylation is 1. The van der Waals surface area contributed by atoms with Crippen LogP contribution in [0.1, 0.15) is 12.0 Å². The average Bonchev–Trinajstić information content (AvgIpc) is 3.15. The Balaban J connectivity index is 1.59. The zero-order valence-corrected chi connectivity index (χ0v) is 18.2. The second-order valence-electron chi connectivity index (χ2n) is 7.06. The first-order valence-corrected chi connectivity index (χ1v) is 9.95. The van der Waals surface area contributed by atoms with E-state index in [-0.39, 0.29) is 18.9 Å². The van der Waals surface area contributed by atoms with Crippen LogP contribution in [-0.4, -0.2) is 45.2 Å². The van der Waals surface area contributed by atoms with Gasteiger partial charge in [-0.05, 0) is 36.8 Å². The Hall–Kier alpha value is -3.26. The zero-order valence-electron chi connectivity index (χ0n) is 17.4. The van der Waals surface area contributed by atoms with Crippen molar-refractivity contribution >= 4 is 40.8 Å². The van der Waals surface area contributed by atoms with Gasteiger partial charge in [0.05, 0.1) is 25.8 Å². The second-order valence-corrected chi connectivity index (χ2v) is 7.47. The number of methoxy groups -OCH3 is 2. The first-order valence-electron chi connectivity index (χ1n) is 9.57. The highest BCUT2D eigenvalue weighted by Gasteiger charge is 2.37. The summed E-state index contributed by atoms with van der Waals surface area (Å²) in [5, 5.41) is 3.14. The maximum absolute atomic E-state index is 12.5. The third-order valence-electron chi connectivity index (χ3n) is 4.94. The monoisotopic (exact) mass is 446 g/mol. The summed E-state index contributed by atoms with van der Waals surface area (Å²) < 4.78 is 15.7. The van der Waals surface area contributed by atoms with Crippen LogP contribution < -0.4 is 19.7 Å². The molecule has 1 aliphatic heterocycles. The van der Waals surface area contributed by atoms with E-state index >= 15 is 0 Å². The van der Waals surface area contributed by atoms with E-state index in [4.69, 9.17) is 25.8 Å². The molecule has 0 unspecified atom stereocenters. The Kier molecular flexibility index (Phi) is 7.02. The van der Waals surface area contributed by atoms with Gasteiger partial charge in [-0.25, -0.2) is 0 Å². The SMILES string of the molecule is COc1ccc(OC)c(N2C[C@@H](C(=O)OCC(=O)Nc3ccc(C)c(Cl)c3)CC2=O)c1. The normalized spacial score (nSPS) is 15.5. The molecular formula is C22H23ClN2O6. The number of hydrogen-bond donors (Lipinski definition) is 1. The highest BCUT2D eigenvalue weighted by Crippen LogP contribution is 2.36. The van der Waals surface area contributed by atoms with E-state index in [1.54, 1.807) is 36.4 Å². The fourth-order valence-electron chi connectivity index (χ4n) is 3.23. The van der Waals surface area contributed by atoms with Crippen LogP contribution in [0, 0.1) is 12.8 Å². The molecule has 9 heteroatoms. The van der Waals surface area contributed by atoms with Gasteiger partial charge in [-0.1, -0.05) is 17.7 Å². The fraction of sp³-hybridized carbons (Fsp3) is 0.318. The van der Waals surface area contributed by atoms with Crippen molar-refractivity contribution in [3.05, 3.63) is 47.0 Å². The smallest absolute Gasteiger partial charge is 0.311 e. The predicted octanol–water partition coefficient (Wildman–Crippen LogP) is 3.20. The summed E-state index contributed by atoms with van der Waals surface area (Å²) in [6.45, 7) is 1.51. The summed E-state index contributed by atoms with van der Waals surface area (Å²) in [6, 6.07) is 10.2. The van der Waals surface area contributed by atoms with Crippen LogP contribution in [0.2, 0.25) is 5.02 Å². The van der Waals surface area contributed by atoms with E-state index in [1.165, 1.54) is 19.1 Å². The second kappa shape index (κ2) is 9.70. The van der Waals surface area contributed by atoms with Gasteiger partial charge in [0.2, 0.25) is 5.91 Å². The summed E-state index contributed by atoms with van der Waals surface area (Å²) in [5.74, 6) is -1.00. The van der Waals surface area contributed by atoms with E-state index in [0.29, 0.717) is 27.9 Å². The van der Waals surface area contributed by atoms with Crippen molar-refractivity contribution in [2.45, 2.75) is 13.3 Å². The lowest BCUT2D eigenvalue weighted by Gasteiger charge is -2.20. The third kappa shape index (κ3) is 5.27. The predicted molar refractivity (Wildman–Crippen MR) is 116 cm³/mol. The molecule has 1 N–H and O–H groups in total. The van der Waals surface area contributed by atoms with Crippen molar-refractivity contribution in [3.8, 4) is 11.5 Å². The standard InChI is InChI=1S/C22H23ClN2O6/c1-13-4-5-15(9-17(13)23)24-20(26)12-31-22(28)14-8-21(27)25(11-14)18-10-16(29-2)6-7-19(18)30-3/h4-7,9-10,14H,8,11-12H2,1-3H3,(H,24,26)/t14-/m0/s1. The number of hydrogen-bond acceptors (Lipinski definition) is 6. The van der Waals surface area contributed by atoms with Gasteiger partial charge in [-0.3, -0.25) is 14.4 Å². The van der Waals surface area contributed by atoms with E-state index in [9.17, 15) is 14.4 Å². The van der Waals surface area contributed by atoms with Gasteiger partial charge >= 0.3 is 5.97 Å². The van der Waals surface area contributed by atoms with Gasteiger partial charge in [-0.15, -0.1) is 0 Å². The molecule has 1 aliphatic rings. The molecule has 0 aromatic heterocycles. The number of ether oxygens (including phenoxy) is 3. The zero-order chi connectivity index (χ0) is 22.5. The number of carbonyl (C=O) groups is 3. The molecule has 31 heavy (non-hydrogen) atoms. The van der Waals surface area contributed by atoms with Crippen molar-refractivity contribution in [1.82, 2.24) is 0 Å². The van der Waals surface area contributed by atoms with E-state index in [1.807, 2.05) is 6.92 Å². The Morgan fingerprint density at radius 1 is 1.16 bits per heavy atom. The number of esters is 1. The molecule has 0 bridgehead atoms. The number of anilines is 2. The lowest BCUT2D eigenvalue weighted by Crippen LogP contribution is -2.28. The molecule has 164 valence electrons. The third-order valence-corrected chi connectivity index (χ3v) is 5.34. The molecule has 1 heterocycles. The molecule has 0 spiro atoms. The van der Waals surface area contributed by atoms with Crippen molar-refractivity contribution in [2.24, 2.45) is 5.92 Å². The quantitative estimate of drug-likeness (QED) is 0.656. The van der Waals surface area contributed by atoms with Gasteiger partial charge in [-0.2, -0.15) is 0 Å². The van der Waals surface area contributed by atoms with Crippen molar-refractivity contribution < 1.29 is 28.6 Å². The minimum Gasteiger partial charge on any atom is -0.497 e. The molecule has 3 rings (SSSR count). The van der Waals surface area contributed by atoms with E-state index in [2.05, 4.69) is 5.32 Å². The summed E-state index contributed by atoms with van der Waals surface area (Å²) in [5.41, 5.74) is 1.90. The van der Waals surface area contributed by atoms with Crippen molar-refractivity contribution in [1.29, 1.82) is 0 Å². The number of carbonyl (C=O) groups excluding carboxylic acids is 3. The molecule has 2 aromatic carbocycles. The van der Waals surface area contributed by atoms with Crippen LogP contribution in [0.15, 0.2) is 36.4 Å².